The number of nitrogen functional groups attached to an aromatic ring is 2. The van der Waals surface area contributed by atoms with Gasteiger partial charge in [-0.3, -0.25) is 0 Å². The summed E-state index contributed by atoms with van der Waals surface area (Å²) in [6.07, 6.45) is 0. The van der Waals surface area contributed by atoms with Crippen LogP contribution >= 0.6 is 0 Å². The lowest BCUT2D eigenvalue weighted by molar-refractivity contribution is 0.0202. The summed E-state index contributed by atoms with van der Waals surface area (Å²) in [6.45, 7) is 2.46. The Kier molecular flexibility index (Phi) is 4.56. The number of aromatic nitrogens is 2. The van der Waals surface area contributed by atoms with E-state index in [1.54, 1.807) is 0 Å². The third-order valence-corrected chi connectivity index (χ3v) is 2.45. The standard InChI is InChI=1S/C13H17N5O2/c1-2-19-8-20-12-10(14)11(17-13(15)18-12)16-9-6-4-3-5-7-9/h3-7H,2,8,14H2,1H3,(H3,15,16,17,18). The Morgan fingerprint density at radius 1 is 1.15 bits per heavy atom. The van der Waals surface area contributed by atoms with E-state index >= 15 is 0 Å². The van der Waals surface area contributed by atoms with Crippen molar-refractivity contribution in [2.24, 2.45) is 0 Å². The third-order valence-electron chi connectivity index (χ3n) is 2.45. The highest BCUT2D eigenvalue weighted by Gasteiger charge is 2.12. The second-order valence-electron chi connectivity index (χ2n) is 3.90. The molecule has 0 radical (unpaired) electrons. The van der Waals surface area contributed by atoms with Gasteiger partial charge in [-0.05, 0) is 19.1 Å². The average Bonchev–Trinajstić information content (AvgIpc) is 2.45. The molecule has 7 heteroatoms. The first-order valence-electron chi connectivity index (χ1n) is 6.16. The van der Waals surface area contributed by atoms with Gasteiger partial charge in [-0.15, -0.1) is 0 Å². The molecule has 1 aromatic heterocycles. The molecule has 0 unspecified atom stereocenters. The topological polar surface area (TPSA) is 108 Å². The molecule has 0 fully saturated rings. The van der Waals surface area contributed by atoms with Crippen molar-refractivity contribution in [3.05, 3.63) is 30.3 Å². The van der Waals surface area contributed by atoms with Crippen LogP contribution in [0.2, 0.25) is 0 Å². The zero-order valence-corrected chi connectivity index (χ0v) is 11.2. The lowest BCUT2D eigenvalue weighted by Gasteiger charge is -2.12. The molecule has 0 saturated heterocycles. The normalized spacial score (nSPS) is 10.2. The average molecular weight is 275 g/mol. The maximum atomic E-state index is 5.96. The first-order chi connectivity index (χ1) is 9.70. The number of benzene rings is 1. The number of rotatable bonds is 6. The molecule has 1 aromatic carbocycles. The molecule has 0 atom stereocenters. The Bertz CT molecular complexity index is 562. The van der Waals surface area contributed by atoms with Gasteiger partial charge in [0.25, 0.3) is 0 Å². The predicted molar refractivity (Wildman–Crippen MR) is 77.7 cm³/mol. The third kappa shape index (κ3) is 3.48. The van der Waals surface area contributed by atoms with Crippen LogP contribution in [-0.4, -0.2) is 23.4 Å². The number of nitrogens with two attached hydrogens (primary N) is 2. The summed E-state index contributed by atoms with van der Waals surface area (Å²) in [6, 6.07) is 9.49. The van der Waals surface area contributed by atoms with Gasteiger partial charge in [0.05, 0.1) is 0 Å². The minimum atomic E-state index is 0.0575. The van der Waals surface area contributed by atoms with E-state index in [0.717, 1.165) is 5.69 Å². The number of anilines is 4. The van der Waals surface area contributed by atoms with Crippen LogP contribution in [0.1, 0.15) is 6.92 Å². The quantitative estimate of drug-likeness (QED) is 0.544. The van der Waals surface area contributed by atoms with E-state index in [2.05, 4.69) is 15.3 Å². The maximum Gasteiger partial charge on any atom is 0.246 e. The van der Waals surface area contributed by atoms with Gasteiger partial charge in [0, 0.05) is 12.3 Å². The van der Waals surface area contributed by atoms with E-state index in [9.17, 15) is 0 Å². The van der Waals surface area contributed by atoms with Crippen LogP contribution in [0.3, 0.4) is 0 Å². The SMILES string of the molecule is CCOCOc1nc(N)nc(Nc2ccccc2)c1N. The molecular weight excluding hydrogens is 258 g/mol. The Morgan fingerprint density at radius 2 is 1.90 bits per heavy atom. The van der Waals surface area contributed by atoms with Crippen LogP contribution in [0.25, 0.3) is 0 Å². The highest BCUT2D eigenvalue weighted by Crippen LogP contribution is 2.29. The van der Waals surface area contributed by atoms with Gasteiger partial charge in [-0.2, -0.15) is 9.97 Å². The van der Waals surface area contributed by atoms with Crippen molar-refractivity contribution in [1.82, 2.24) is 9.97 Å². The first-order valence-corrected chi connectivity index (χ1v) is 6.16. The van der Waals surface area contributed by atoms with Crippen LogP contribution in [0, 0.1) is 0 Å². The Morgan fingerprint density at radius 3 is 2.60 bits per heavy atom. The van der Waals surface area contributed by atoms with Crippen LogP contribution in [-0.2, 0) is 4.74 Å². The van der Waals surface area contributed by atoms with Crippen molar-refractivity contribution in [3.8, 4) is 5.88 Å². The predicted octanol–water partition coefficient (Wildman–Crippen LogP) is 1.76. The minimum absolute atomic E-state index is 0.0575. The molecule has 7 nitrogen and oxygen atoms in total. The minimum Gasteiger partial charge on any atom is -0.449 e. The highest BCUT2D eigenvalue weighted by atomic mass is 16.7. The summed E-state index contributed by atoms with van der Waals surface area (Å²) < 4.78 is 10.4. The molecule has 1 heterocycles. The molecule has 106 valence electrons. The van der Waals surface area contributed by atoms with E-state index < -0.39 is 0 Å². The van der Waals surface area contributed by atoms with Gasteiger partial charge in [0.2, 0.25) is 11.8 Å². The lowest BCUT2D eigenvalue weighted by atomic mass is 10.3. The van der Waals surface area contributed by atoms with E-state index in [0.29, 0.717) is 12.4 Å². The fraction of sp³-hybridized carbons (Fsp3) is 0.231. The summed E-state index contributed by atoms with van der Waals surface area (Å²) in [7, 11) is 0. The summed E-state index contributed by atoms with van der Waals surface area (Å²) in [4.78, 5) is 8.01. The fourth-order valence-corrected chi connectivity index (χ4v) is 1.51. The summed E-state index contributed by atoms with van der Waals surface area (Å²) in [5, 5.41) is 3.07. The zero-order chi connectivity index (χ0) is 14.4. The molecular formula is C13H17N5O2. The molecule has 0 spiro atoms. The molecule has 0 amide bonds. The van der Waals surface area contributed by atoms with Crippen LogP contribution in [0.4, 0.5) is 23.1 Å². The molecule has 2 aromatic rings. The number of nitrogens with one attached hydrogen (secondary N) is 1. The van der Waals surface area contributed by atoms with Gasteiger partial charge in [-0.1, -0.05) is 18.2 Å². The van der Waals surface area contributed by atoms with E-state index in [1.165, 1.54) is 0 Å². The summed E-state index contributed by atoms with van der Waals surface area (Å²) in [5.41, 5.74) is 12.7. The van der Waals surface area contributed by atoms with Gasteiger partial charge in [0.1, 0.15) is 5.69 Å². The molecule has 0 aliphatic rings. The first kappa shape index (κ1) is 13.9. The fourth-order valence-electron chi connectivity index (χ4n) is 1.51. The van der Waals surface area contributed by atoms with Gasteiger partial charge < -0.3 is 26.3 Å². The summed E-state index contributed by atoms with van der Waals surface area (Å²) in [5.74, 6) is 0.670. The van der Waals surface area contributed by atoms with Gasteiger partial charge in [0.15, 0.2) is 12.6 Å². The second kappa shape index (κ2) is 6.58. The van der Waals surface area contributed by atoms with Crippen LogP contribution in [0.15, 0.2) is 30.3 Å². The van der Waals surface area contributed by atoms with Crippen LogP contribution in [0.5, 0.6) is 5.88 Å². The van der Waals surface area contributed by atoms with Gasteiger partial charge >= 0.3 is 0 Å². The largest absolute Gasteiger partial charge is 0.449 e. The number of para-hydroxylation sites is 1. The Labute approximate surface area is 116 Å². The van der Waals surface area contributed by atoms with E-state index in [4.69, 9.17) is 20.9 Å². The van der Waals surface area contributed by atoms with Crippen molar-refractivity contribution in [2.75, 3.05) is 30.2 Å². The molecule has 0 saturated carbocycles. The van der Waals surface area contributed by atoms with Crippen molar-refractivity contribution in [2.45, 2.75) is 6.92 Å². The number of hydrogen-bond donors (Lipinski definition) is 3. The van der Waals surface area contributed by atoms with Crippen molar-refractivity contribution >= 4 is 23.1 Å². The number of nitrogens with zero attached hydrogens (tertiary/aromatic N) is 2. The Balaban J connectivity index is 2.20. The van der Waals surface area contributed by atoms with E-state index in [-0.39, 0.29) is 24.3 Å². The van der Waals surface area contributed by atoms with Crippen molar-refractivity contribution < 1.29 is 9.47 Å². The molecule has 0 aliphatic carbocycles. The van der Waals surface area contributed by atoms with Crippen LogP contribution < -0.4 is 21.5 Å². The number of hydrogen-bond acceptors (Lipinski definition) is 7. The molecule has 20 heavy (non-hydrogen) atoms. The highest BCUT2D eigenvalue weighted by molar-refractivity contribution is 5.73. The second-order valence-corrected chi connectivity index (χ2v) is 3.90. The lowest BCUT2D eigenvalue weighted by Crippen LogP contribution is -2.10. The molecule has 0 bridgehead atoms. The number of ether oxygens (including phenoxy) is 2. The smallest absolute Gasteiger partial charge is 0.246 e. The maximum absolute atomic E-state index is 5.96. The Hall–Kier alpha value is -2.54. The summed E-state index contributed by atoms with van der Waals surface area (Å²) >= 11 is 0. The van der Waals surface area contributed by atoms with E-state index in [1.807, 2.05) is 37.3 Å². The van der Waals surface area contributed by atoms with Crippen molar-refractivity contribution in [3.63, 3.8) is 0 Å². The molecule has 5 N–H and O–H groups in total. The monoisotopic (exact) mass is 275 g/mol. The van der Waals surface area contributed by atoms with Crippen molar-refractivity contribution in [1.29, 1.82) is 0 Å². The van der Waals surface area contributed by atoms with Gasteiger partial charge in [-0.25, -0.2) is 0 Å². The molecule has 0 aliphatic heterocycles. The molecule has 2 rings (SSSR count). The zero-order valence-electron chi connectivity index (χ0n) is 11.2.